The fourth-order valence-electron chi connectivity index (χ4n) is 3.17. The second kappa shape index (κ2) is 7.83. The predicted octanol–water partition coefficient (Wildman–Crippen LogP) is 5.68. The minimum absolute atomic E-state index is 0.0575. The molecule has 152 valence electrons. The third-order valence-corrected chi connectivity index (χ3v) is 4.91. The SMILES string of the molecule is COc1cc(OC)c(Cl)c(-c2c(-c3c(F)cc(F)cc3F)c(C)oc(=O)c2C)c1. The minimum Gasteiger partial charge on any atom is -0.497 e. The second-order valence-electron chi connectivity index (χ2n) is 6.26. The van der Waals surface area contributed by atoms with E-state index in [2.05, 4.69) is 0 Å². The Labute approximate surface area is 169 Å². The highest BCUT2D eigenvalue weighted by Gasteiger charge is 2.26. The van der Waals surface area contributed by atoms with Gasteiger partial charge in [0.15, 0.2) is 0 Å². The van der Waals surface area contributed by atoms with Crippen LogP contribution in [0.15, 0.2) is 33.5 Å². The fourth-order valence-corrected chi connectivity index (χ4v) is 3.45. The largest absolute Gasteiger partial charge is 0.497 e. The number of hydrogen-bond acceptors (Lipinski definition) is 4. The Balaban J connectivity index is 2.52. The zero-order chi connectivity index (χ0) is 21.5. The van der Waals surface area contributed by atoms with E-state index < -0.39 is 28.6 Å². The Morgan fingerprint density at radius 3 is 2.07 bits per heavy atom. The maximum Gasteiger partial charge on any atom is 0.339 e. The molecule has 0 N–H and O–H groups in total. The van der Waals surface area contributed by atoms with Gasteiger partial charge in [-0.3, -0.25) is 0 Å². The molecule has 0 saturated heterocycles. The summed E-state index contributed by atoms with van der Waals surface area (Å²) in [4.78, 5) is 12.3. The van der Waals surface area contributed by atoms with Gasteiger partial charge in [-0.1, -0.05) is 11.6 Å². The lowest BCUT2D eigenvalue weighted by molar-refractivity contribution is 0.395. The van der Waals surface area contributed by atoms with Gasteiger partial charge in [0.2, 0.25) is 0 Å². The van der Waals surface area contributed by atoms with E-state index in [0.717, 1.165) is 0 Å². The Kier molecular flexibility index (Phi) is 5.61. The van der Waals surface area contributed by atoms with Crippen molar-refractivity contribution in [2.45, 2.75) is 13.8 Å². The lowest BCUT2D eigenvalue weighted by atomic mass is 9.90. The molecule has 1 heterocycles. The Bertz CT molecular complexity index is 1150. The molecule has 4 nitrogen and oxygen atoms in total. The van der Waals surface area contributed by atoms with Crippen molar-refractivity contribution in [3.63, 3.8) is 0 Å². The molecule has 0 fully saturated rings. The molecule has 1 aromatic heterocycles. The average Bonchev–Trinajstić information content (AvgIpc) is 2.65. The van der Waals surface area contributed by atoms with Gasteiger partial charge in [0.05, 0.1) is 24.8 Å². The van der Waals surface area contributed by atoms with Crippen molar-refractivity contribution < 1.29 is 27.1 Å². The highest BCUT2D eigenvalue weighted by atomic mass is 35.5. The zero-order valence-corrected chi connectivity index (χ0v) is 16.7. The molecule has 0 amide bonds. The van der Waals surface area contributed by atoms with Crippen LogP contribution in [-0.4, -0.2) is 14.2 Å². The number of benzene rings is 2. The van der Waals surface area contributed by atoms with Crippen LogP contribution in [0.1, 0.15) is 11.3 Å². The standard InChI is InChI=1S/C21H16ClF3O4/c1-9-17(13-7-12(27-3)8-16(28-4)20(13)22)18(10(2)29-21(9)26)19-14(24)5-11(23)6-15(19)25/h5-8H,1-4H3. The smallest absolute Gasteiger partial charge is 0.339 e. The molecular formula is C21H16ClF3O4. The van der Waals surface area contributed by atoms with Crippen LogP contribution >= 0.6 is 11.6 Å². The van der Waals surface area contributed by atoms with Crippen LogP contribution in [0, 0.1) is 31.3 Å². The van der Waals surface area contributed by atoms with Gasteiger partial charge < -0.3 is 13.9 Å². The van der Waals surface area contributed by atoms with Gasteiger partial charge in [-0.05, 0) is 19.9 Å². The lowest BCUT2D eigenvalue weighted by Gasteiger charge is -2.18. The van der Waals surface area contributed by atoms with Crippen LogP contribution in [0.5, 0.6) is 11.5 Å². The van der Waals surface area contributed by atoms with Gasteiger partial charge in [-0.15, -0.1) is 0 Å². The van der Waals surface area contributed by atoms with E-state index in [1.54, 1.807) is 0 Å². The topological polar surface area (TPSA) is 48.7 Å². The summed E-state index contributed by atoms with van der Waals surface area (Å²) in [6.07, 6.45) is 0. The summed E-state index contributed by atoms with van der Waals surface area (Å²) in [6.45, 7) is 2.82. The molecule has 0 atom stereocenters. The van der Waals surface area contributed by atoms with E-state index in [4.69, 9.17) is 25.5 Å². The Morgan fingerprint density at radius 2 is 1.52 bits per heavy atom. The Morgan fingerprint density at radius 1 is 0.897 bits per heavy atom. The quantitative estimate of drug-likeness (QED) is 0.540. The van der Waals surface area contributed by atoms with Gasteiger partial charge in [0, 0.05) is 40.5 Å². The number of aryl methyl sites for hydroxylation is 1. The van der Waals surface area contributed by atoms with Gasteiger partial charge in [0.1, 0.15) is 34.7 Å². The highest BCUT2D eigenvalue weighted by molar-refractivity contribution is 6.35. The van der Waals surface area contributed by atoms with Crippen LogP contribution in [0.4, 0.5) is 13.2 Å². The van der Waals surface area contributed by atoms with Gasteiger partial charge in [0.25, 0.3) is 0 Å². The summed E-state index contributed by atoms with van der Waals surface area (Å²) in [7, 11) is 2.81. The van der Waals surface area contributed by atoms with E-state index in [-0.39, 0.29) is 38.8 Å². The maximum atomic E-state index is 14.6. The molecule has 0 spiro atoms. The van der Waals surface area contributed by atoms with Crippen molar-refractivity contribution in [2.24, 2.45) is 0 Å². The summed E-state index contributed by atoms with van der Waals surface area (Å²) < 4.78 is 58.3. The molecule has 0 aliphatic heterocycles. The molecule has 0 radical (unpaired) electrons. The van der Waals surface area contributed by atoms with Crippen molar-refractivity contribution in [3.8, 4) is 33.8 Å². The number of hydrogen-bond donors (Lipinski definition) is 0. The predicted molar refractivity (Wildman–Crippen MR) is 103 cm³/mol. The van der Waals surface area contributed by atoms with Crippen molar-refractivity contribution in [1.29, 1.82) is 0 Å². The van der Waals surface area contributed by atoms with Crippen molar-refractivity contribution in [2.75, 3.05) is 14.2 Å². The molecular weight excluding hydrogens is 409 g/mol. The van der Waals surface area contributed by atoms with Crippen molar-refractivity contribution in [1.82, 2.24) is 0 Å². The van der Waals surface area contributed by atoms with Gasteiger partial charge >= 0.3 is 5.63 Å². The first-order valence-corrected chi connectivity index (χ1v) is 8.78. The number of methoxy groups -OCH3 is 2. The summed E-state index contributed by atoms with van der Waals surface area (Å²) in [5.74, 6) is -2.84. The molecule has 0 saturated carbocycles. The van der Waals surface area contributed by atoms with Crippen LogP contribution in [0.25, 0.3) is 22.3 Å². The number of ether oxygens (including phenoxy) is 2. The van der Waals surface area contributed by atoms with Gasteiger partial charge in [-0.25, -0.2) is 18.0 Å². The fraction of sp³-hybridized carbons (Fsp3) is 0.190. The molecule has 0 aliphatic rings. The van der Waals surface area contributed by atoms with E-state index in [0.29, 0.717) is 17.9 Å². The van der Waals surface area contributed by atoms with E-state index in [1.165, 1.54) is 40.2 Å². The van der Waals surface area contributed by atoms with E-state index in [1.807, 2.05) is 0 Å². The molecule has 3 rings (SSSR count). The molecule has 8 heteroatoms. The molecule has 3 aromatic rings. The average molecular weight is 425 g/mol. The molecule has 29 heavy (non-hydrogen) atoms. The summed E-state index contributed by atoms with van der Waals surface area (Å²) in [5.41, 5.74) is -0.870. The molecule has 2 aromatic carbocycles. The first-order chi connectivity index (χ1) is 13.7. The first kappa shape index (κ1) is 20.8. The lowest BCUT2D eigenvalue weighted by Crippen LogP contribution is -2.10. The van der Waals surface area contributed by atoms with Crippen LogP contribution in [-0.2, 0) is 0 Å². The summed E-state index contributed by atoms with van der Waals surface area (Å²) >= 11 is 6.45. The monoisotopic (exact) mass is 424 g/mol. The maximum absolute atomic E-state index is 14.6. The first-order valence-electron chi connectivity index (χ1n) is 8.40. The third-order valence-electron chi connectivity index (χ3n) is 4.52. The van der Waals surface area contributed by atoms with E-state index in [9.17, 15) is 18.0 Å². The van der Waals surface area contributed by atoms with Crippen LogP contribution in [0.3, 0.4) is 0 Å². The highest BCUT2D eigenvalue weighted by Crippen LogP contribution is 2.45. The zero-order valence-electron chi connectivity index (χ0n) is 16.0. The summed E-state index contributed by atoms with van der Waals surface area (Å²) in [5, 5.41) is 0.102. The number of halogens is 4. The van der Waals surface area contributed by atoms with Crippen molar-refractivity contribution in [3.05, 3.63) is 68.5 Å². The number of rotatable bonds is 4. The summed E-state index contributed by atoms with van der Waals surface area (Å²) in [6, 6.07) is 4.14. The normalized spacial score (nSPS) is 10.9. The second-order valence-corrected chi connectivity index (χ2v) is 6.63. The molecule has 0 bridgehead atoms. The third kappa shape index (κ3) is 3.58. The molecule has 0 aliphatic carbocycles. The van der Waals surface area contributed by atoms with E-state index >= 15 is 0 Å². The minimum atomic E-state index is -1.15. The van der Waals surface area contributed by atoms with Gasteiger partial charge in [-0.2, -0.15) is 0 Å². The van der Waals surface area contributed by atoms with Crippen LogP contribution < -0.4 is 15.1 Å². The van der Waals surface area contributed by atoms with Crippen molar-refractivity contribution >= 4 is 11.6 Å². The Hall–Kier alpha value is -2.93. The molecule has 0 unspecified atom stereocenters. The van der Waals surface area contributed by atoms with Crippen LogP contribution in [0.2, 0.25) is 5.02 Å².